The van der Waals surface area contributed by atoms with Crippen LogP contribution in [0.4, 0.5) is 0 Å². The number of rotatable bonds is 1. The first-order valence-electron chi connectivity index (χ1n) is 5.77. The Hall–Kier alpha value is -2.87. The average molecular weight is 250 g/mol. The molecule has 0 radical (unpaired) electrons. The number of imidazole rings is 1. The summed E-state index contributed by atoms with van der Waals surface area (Å²) in [6, 6.07) is 7.34. The van der Waals surface area contributed by atoms with Crippen molar-refractivity contribution in [2.24, 2.45) is 0 Å². The van der Waals surface area contributed by atoms with Crippen LogP contribution in [0, 0.1) is 18.3 Å². The molecule has 0 saturated carbocycles. The van der Waals surface area contributed by atoms with Crippen molar-refractivity contribution in [3.05, 3.63) is 58.4 Å². The molecule has 0 aromatic carbocycles. The van der Waals surface area contributed by atoms with Crippen LogP contribution in [0.1, 0.15) is 11.3 Å². The number of fused-ring (bicyclic) bond motifs is 1. The predicted octanol–water partition coefficient (Wildman–Crippen LogP) is 1.87. The molecular formula is C14H10N4O. The molecule has 0 aliphatic rings. The Kier molecular flexibility index (Phi) is 2.43. The molecule has 0 aliphatic carbocycles. The van der Waals surface area contributed by atoms with Crippen molar-refractivity contribution in [2.75, 3.05) is 0 Å². The van der Waals surface area contributed by atoms with Crippen LogP contribution in [-0.2, 0) is 0 Å². The summed E-state index contributed by atoms with van der Waals surface area (Å²) in [7, 11) is 0. The number of nitriles is 1. The van der Waals surface area contributed by atoms with E-state index < -0.39 is 0 Å². The summed E-state index contributed by atoms with van der Waals surface area (Å²) in [6.45, 7) is 1.81. The van der Waals surface area contributed by atoms with Gasteiger partial charge in [0.15, 0.2) is 0 Å². The van der Waals surface area contributed by atoms with Crippen LogP contribution in [0.3, 0.4) is 0 Å². The number of hydrogen-bond acceptors (Lipinski definition) is 3. The van der Waals surface area contributed by atoms with Crippen LogP contribution in [0.2, 0.25) is 0 Å². The van der Waals surface area contributed by atoms with Crippen LogP contribution in [0.5, 0.6) is 0 Å². The number of nitrogens with one attached hydrogen (secondary N) is 1. The summed E-state index contributed by atoms with van der Waals surface area (Å²) in [5, 5.41) is 8.96. The van der Waals surface area contributed by atoms with Gasteiger partial charge in [0, 0.05) is 35.4 Å². The van der Waals surface area contributed by atoms with E-state index in [4.69, 9.17) is 5.26 Å². The normalized spacial score (nSPS) is 10.5. The highest BCUT2D eigenvalue weighted by molar-refractivity contribution is 5.79. The quantitative estimate of drug-likeness (QED) is 0.716. The highest BCUT2D eigenvalue weighted by atomic mass is 16.1. The standard InChI is InChI=1S/C14H10N4O/c1-9-12(7-10(8-15)14(19)17-9)11-3-2-5-18-6-4-16-13(11)18/h2-7H,1H3,(H,17,19). The molecule has 3 rings (SSSR count). The van der Waals surface area contributed by atoms with Gasteiger partial charge in [0.2, 0.25) is 0 Å². The molecule has 0 spiro atoms. The van der Waals surface area contributed by atoms with E-state index in [0.717, 1.165) is 22.5 Å². The largest absolute Gasteiger partial charge is 0.325 e. The lowest BCUT2D eigenvalue weighted by atomic mass is 10.0. The van der Waals surface area contributed by atoms with E-state index in [1.807, 2.05) is 41.9 Å². The molecule has 1 N–H and O–H groups in total. The number of hydrogen-bond donors (Lipinski definition) is 1. The van der Waals surface area contributed by atoms with Gasteiger partial charge < -0.3 is 9.38 Å². The van der Waals surface area contributed by atoms with Crippen LogP contribution in [0.25, 0.3) is 16.8 Å². The van der Waals surface area contributed by atoms with Crippen molar-refractivity contribution < 1.29 is 0 Å². The molecule has 0 aliphatic heterocycles. The fourth-order valence-electron chi connectivity index (χ4n) is 2.14. The lowest BCUT2D eigenvalue weighted by Gasteiger charge is -2.07. The lowest BCUT2D eigenvalue weighted by molar-refractivity contribution is 1.12. The Balaban J connectivity index is 2.36. The number of nitrogens with zero attached hydrogens (tertiary/aromatic N) is 3. The molecule has 0 unspecified atom stereocenters. The lowest BCUT2D eigenvalue weighted by Crippen LogP contribution is -2.12. The third kappa shape index (κ3) is 1.70. The minimum absolute atomic E-state index is 0.106. The maximum Gasteiger partial charge on any atom is 0.266 e. The number of aryl methyl sites for hydroxylation is 1. The molecule has 0 fully saturated rings. The van der Waals surface area contributed by atoms with Crippen molar-refractivity contribution >= 4 is 5.65 Å². The van der Waals surface area contributed by atoms with E-state index in [-0.39, 0.29) is 11.1 Å². The highest BCUT2D eigenvalue weighted by Gasteiger charge is 2.11. The summed E-state index contributed by atoms with van der Waals surface area (Å²) in [6.07, 6.45) is 5.47. The number of aromatic nitrogens is 3. The summed E-state index contributed by atoms with van der Waals surface area (Å²) in [5.74, 6) is 0. The van der Waals surface area contributed by atoms with Gasteiger partial charge in [0.05, 0.1) is 0 Å². The number of pyridine rings is 2. The van der Waals surface area contributed by atoms with Gasteiger partial charge in [-0.05, 0) is 25.1 Å². The Bertz CT molecular complexity index is 867. The maximum atomic E-state index is 11.6. The minimum atomic E-state index is -0.362. The molecular weight excluding hydrogens is 240 g/mol. The van der Waals surface area contributed by atoms with Crippen LogP contribution >= 0.6 is 0 Å². The van der Waals surface area contributed by atoms with Gasteiger partial charge in [0.25, 0.3) is 5.56 Å². The van der Waals surface area contributed by atoms with Crippen molar-refractivity contribution in [3.8, 4) is 17.2 Å². The van der Waals surface area contributed by atoms with Crippen LogP contribution in [0.15, 0.2) is 41.6 Å². The SMILES string of the molecule is Cc1[nH]c(=O)c(C#N)cc1-c1cccn2ccnc12. The monoisotopic (exact) mass is 250 g/mol. The van der Waals surface area contributed by atoms with Crippen molar-refractivity contribution in [2.45, 2.75) is 6.92 Å². The van der Waals surface area contributed by atoms with E-state index in [0.29, 0.717) is 0 Å². The van der Waals surface area contributed by atoms with Gasteiger partial charge in [-0.1, -0.05) is 0 Å². The topological polar surface area (TPSA) is 74.0 Å². The molecule has 3 aromatic rings. The van der Waals surface area contributed by atoms with Gasteiger partial charge >= 0.3 is 0 Å². The Morgan fingerprint density at radius 3 is 3.00 bits per heavy atom. The maximum absolute atomic E-state index is 11.6. The summed E-state index contributed by atoms with van der Waals surface area (Å²) in [4.78, 5) is 18.6. The third-order valence-electron chi connectivity index (χ3n) is 3.07. The zero-order chi connectivity index (χ0) is 13.4. The second-order valence-electron chi connectivity index (χ2n) is 4.24. The predicted molar refractivity (Wildman–Crippen MR) is 70.7 cm³/mol. The molecule has 5 heteroatoms. The van der Waals surface area contributed by atoms with E-state index in [9.17, 15) is 4.79 Å². The Morgan fingerprint density at radius 2 is 2.21 bits per heavy atom. The summed E-state index contributed by atoms with van der Waals surface area (Å²) >= 11 is 0. The first kappa shape index (κ1) is 11.2. The fraction of sp³-hybridized carbons (Fsp3) is 0.0714. The molecule has 5 nitrogen and oxygen atoms in total. The molecule has 0 amide bonds. The molecule has 0 saturated heterocycles. The summed E-state index contributed by atoms with van der Waals surface area (Å²) < 4.78 is 1.89. The first-order chi connectivity index (χ1) is 9.20. The Morgan fingerprint density at radius 1 is 1.37 bits per heavy atom. The smallest absolute Gasteiger partial charge is 0.266 e. The van der Waals surface area contributed by atoms with E-state index in [2.05, 4.69) is 9.97 Å². The van der Waals surface area contributed by atoms with Gasteiger partial charge in [-0.3, -0.25) is 4.79 Å². The van der Waals surface area contributed by atoms with E-state index in [1.165, 1.54) is 0 Å². The minimum Gasteiger partial charge on any atom is -0.325 e. The van der Waals surface area contributed by atoms with Gasteiger partial charge in [-0.25, -0.2) is 4.98 Å². The fourth-order valence-corrected chi connectivity index (χ4v) is 2.14. The third-order valence-corrected chi connectivity index (χ3v) is 3.07. The number of aromatic amines is 1. The van der Waals surface area contributed by atoms with Gasteiger partial charge in [-0.15, -0.1) is 0 Å². The van der Waals surface area contributed by atoms with E-state index in [1.54, 1.807) is 12.3 Å². The van der Waals surface area contributed by atoms with E-state index >= 15 is 0 Å². The highest BCUT2D eigenvalue weighted by Crippen LogP contribution is 2.25. The molecule has 3 heterocycles. The van der Waals surface area contributed by atoms with Crippen molar-refractivity contribution in [1.82, 2.24) is 14.4 Å². The van der Waals surface area contributed by atoms with Crippen molar-refractivity contribution in [1.29, 1.82) is 5.26 Å². The average Bonchev–Trinajstić information content (AvgIpc) is 2.87. The summed E-state index contributed by atoms with van der Waals surface area (Å²) in [5.41, 5.74) is 2.96. The molecule has 3 aromatic heterocycles. The zero-order valence-electron chi connectivity index (χ0n) is 10.2. The first-order valence-corrected chi connectivity index (χ1v) is 5.77. The number of H-pyrrole nitrogens is 1. The van der Waals surface area contributed by atoms with Crippen LogP contribution < -0.4 is 5.56 Å². The van der Waals surface area contributed by atoms with Gasteiger partial charge in [0.1, 0.15) is 17.3 Å². The molecule has 92 valence electrons. The van der Waals surface area contributed by atoms with Gasteiger partial charge in [-0.2, -0.15) is 5.26 Å². The second kappa shape index (κ2) is 4.10. The van der Waals surface area contributed by atoms with Crippen molar-refractivity contribution in [3.63, 3.8) is 0 Å². The molecule has 0 atom stereocenters. The Labute approximate surface area is 108 Å². The molecule has 19 heavy (non-hydrogen) atoms. The molecule has 0 bridgehead atoms. The zero-order valence-corrected chi connectivity index (χ0v) is 10.2. The second-order valence-corrected chi connectivity index (χ2v) is 4.24. The van der Waals surface area contributed by atoms with Crippen LogP contribution in [-0.4, -0.2) is 14.4 Å².